The first kappa shape index (κ1) is 19.9. The maximum absolute atomic E-state index is 13.4. The molecule has 2 aliphatic rings. The molecule has 1 aromatic rings. The van der Waals surface area contributed by atoms with E-state index in [2.05, 4.69) is 0 Å². The van der Waals surface area contributed by atoms with Crippen LogP contribution in [-0.2, 0) is 16.0 Å². The molecular weight excluding hydrogens is 365 g/mol. The van der Waals surface area contributed by atoms with Gasteiger partial charge >= 0.3 is 6.09 Å². The highest BCUT2D eigenvalue weighted by molar-refractivity contribution is 5.92. The van der Waals surface area contributed by atoms with Gasteiger partial charge in [0.1, 0.15) is 17.7 Å². The average molecular weight is 389 g/mol. The Balaban J connectivity index is 1.91. The molecule has 0 bridgehead atoms. The molecule has 2 aliphatic heterocycles. The van der Waals surface area contributed by atoms with Crippen LogP contribution in [0.15, 0.2) is 36.3 Å². The van der Waals surface area contributed by atoms with Crippen molar-refractivity contribution in [3.8, 4) is 0 Å². The van der Waals surface area contributed by atoms with Crippen LogP contribution < -0.4 is 0 Å². The number of halogens is 1. The standard InChI is InChI=1S/C20H24FN3O4/c1-13(2)10-16-19(26)22(8-6-14-4-3-5-15(21)11-14)12-17-23(20(27)28)9-7-18(25)24(16)17/h3-5,11-13,16H,6-10H2,1-2H3,(H,27,28)/t16-/m0/s1. The number of rotatable bonds is 5. The predicted octanol–water partition coefficient (Wildman–Crippen LogP) is 2.64. The van der Waals surface area contributed by atoms with Crippen molar-refractivity contribution in [2.45, 2.75) is 39.2 Å². The van der Waals surface area contributed by atoms with E-state index in [0.29, 0.717) is 12.8 Å². The highest BCUT2D eigenvalue weighted by atomic mass is 19.1. The average Bonchev–Trinajstić information content (AvgIpc) is 2.62. The van der Waals surface area contributed by atoms with E-state index in [4.69, 9.17) is 0 Å². The molecule has 1 aromatic carbocycles. The van der Waals surface area contributed by atoms with Gasteiger partial charge in [0.05, 0.1) is 0 Å². The third-order valence-electron chi connectivity index (χ3n) is 4.95. The second kappa shape index (κ2) is 8.00. The van der Waals surface area contributed by atoms with Crippen LogP contribution in [0.5, 0.6) is 0 Å². The molecule has 150 valence electrons. The minimum absolute atomic E-state index is 0.0504. The summed E-state index contributed by atoms with van der Waals surface area (Å²) in [6.45, 7) is 4.24. The van der Waals surface area contributed by atoms with Crippen LogP contribution in [0, 0.1) is 11.7 Å². The minimum Gasteiger partial charge on any atom is -0.465 e. The first-order chi connectivity index (χ1) is 13.3. The van der Waals surface area contributed by atoms with Crippen LogP contribution in [0.4, 0.5) is 9.18 Å². The number of hydrogen-bond donors (Lipinski definition) is 1. The normalized spacial score (nSPS) is 19.8. The monoisotopic (exact) mass is 389 g/mol. The topological polar surface area (TPSA) is 81.2 Å². The van der Waals surface area contributed by atoms with E-state index in [9.17, 15) is 23.9 Å². The SMILES string of the molecule is CC(C)C[C@H]1C(=O)N(CCc2cccc(F)c2)C=C2N(C(=O)O)CCC(=O)N21. The molecule has 1 fully saturated rings. The summed E-state index contributed by atoms with van der Waals surface area (Å²) in [4.78, 5) is 41.1. The maximum atomic E-state index is 13.4. The van der Waals surface area contributed by atoms with Crippen LogP contribution in [0.2, 0.25) is 0 Å². The number of nitrogens with zero attached hydrogens (tertiary/aromatic N) is 3. The number of amides is 3. The van der Waals surface area contributed by atoms with Crippen molar-refractivity contribution in [1.82, 2.24) is 14.7 Å². The van der Waals surface area contributed by atoms with Gasteiger partial charge in [-0.15, -0.1) is 0 Å². The van der Waals surface area contributed by atoms with Gasteiger partial charge in [0, 0.05) is 25.7 Å². The lowest BCUT2D eigenvalue weighted by atomic mass is 9.98. The van der Waals surface area contributed by atoms with Crippen molar-refractivity contribution in [1.29, 1.82) is 0 Å². The fraction of sp³-hybridized carbons (Fsp3) is 0.450. The molecule has 1 atom stereocenters. The first-order valence-electron chi connectivity index (χ1n) is 9.37. The van der Waals surface area contributed by atoms with Gasteiger partial charge in [0.15, 0.2) is 0 Å². The number of carbonyl (C=O) groups excluding carboxylic acids is 2. The molecule has 0 aromatic heterocycles. The highest BCUT2D eigenvalue weighted by Gasteiger charge is 2.44. The van der Waals surface area contributed by atoms with Gasteiger partial charge in [-0.2, -0.15) is 0 Å². The van der Waals surface area contributed by atoms with E-state index in [0.717, 1.165) is 10.5 Å². The summed E-state index contributed by atoms with van der Waals surface area (Å²) in [6.07, 6.45) is 1.18. The van der Waals surface area contributed by atoms with Gasteiger partial charge in [-0.3, -0.25) is 19.4 Å². The number of fused-ring (bicyclic) bond motifs is 1. The summed E-state index contributed by atoms with van der Waals surface area (Å²) in [7, 11) is 0. The van der Waals surface area contributed by atoms with E-state index in [1.807, 2.05) is 13.8 Å². The number of hydrogen-bond acceptors (Lipinski definition) is 3. The number of carbonyl (C=O) groups is 3. The molecule has 0 radical (unpaired) electrons. The third kappa shape index (κ3) is 4.00. The van der Waals surface area contributed by atoms with Crippen molar-refractivity contribution < 1.29 is 23.9 Å². The van der Waals surface area contributed by atoms with E-state index < -0.39 is 12.1 Å². The van der Waals surface area contributed by atoms with Crippen molar-refractivity contribution >= 4 is 17.9 Å². The summed E-state index contributed by atoms with van der Waals surface area (Å²) in [5.74, 6) is -0.471. The lowest BCUT2D eigenvalue weighted by Crippen LogP contribution is -2.60. The molecule has 3 rings (SSSR count). The molecule has 0 spiro atoms. The molecule has 28 heavy (non-hydrogen) atoms. The van der Waals surface area contributed by atoms with Crippen molar-refractivity contribution in [2.75, 3.05) is 13.1 Å². The Morgan fingerprint density at radius 1 is 1.32 bits per heavy atom. The molecule has 1 N–H and O–H groups in total. The van der Waals surface area contributed by atoms with Gasteiger partial charge in [-0.05, 0) is 36.5 Å². The summed E-state index contributed by atoms with van der Waals surface area (Å²) >= 11 is 0. The Bertz CT molecular complexity index is 823. The molecular formula is C20H24FN3O4. The maximum Gasteiger partial charge on any atom is 0.413 e. The van der Waals surface area contributed by atoms with Crippen molar-refractivity contribution in [3.63, 3.8) is 0 Å². The van der Waals surface area contributed by atoms with Gasteiger partial charge in [0.2, 0.25) is 11.8 Å². The van der Waals surface area contributed by atoms with E-state index in [-0.39, 0.29) is 48.9 Å². The van der Waals surface area contributed by atoms with Gasteiger partial charge in [-0.25, -0.2) is 9.18 Å². The van der Waals surface area contributed by atoms with Gasteiger partial charge in [0.25, 0.3) is 0 Å². The van der Waals surface area contributed by atoms with Crippen LogP contribution in [-0.4, -0.2) is 56.8 Å². The van der Waals surface area contributed by atoms with Crippen molar-refractivity contribution in [2.24, 2.45) is 5.92 Å². The zero-order valence-electron chi connectivity index (χ0n) is 16.0. The second-order valence-corrected chi connectivity index (χ2v) is 7.49. The predicted molar refractivity (Wildman–Crippen MR) is 99.3 cm³/mol. The molecule has 8 heteroatoms. The number of carboxylic acid groups (broad SMARTS) is 1. The quantitative estimate of drug-likeness (QED) is 0.839. The van der Waals surface area contributed by atoms with Crippen LogP contribution in [0.1, 0.15) is 32.3 Å². The Kier molecular flexibility index (Phi) is 5.67. The minimum atomic E-state index is -1.16. The summed E-state index contributed by atoms with van der Waals surface area (Å²) in [5, 5.41) is 9.52. The van der Waals surface area contributed by atoms with Crippen LogP contribution >= 0.6 is 0 Å². The fourth-order valence-electron chi connectivity index (χ4n) is 3.63. The molecule has 0 aliphatic carbocycles. The molecule has 2 heterocycles. The Morgan fingerprint density at radius 3 is 2.71 bits per heavy atom. The molecule has 0 unspecified atom stereocenters. The summed E-state index contributed by atoms with van der Waals surface area (Å²) < 4.78 is 13.4. The van der Waals surface area contributed by atoms with E-state index >= 15 is 0 Å². The largest absolute Gasteiger partial charge is 0.465 e. The molecule has 7 nitrogen and oxygen atoms in total. The second-order valence-electron chi connectivity index (χ2n) is 7.49. The third-order valence-corrected chi connectivity index (χ3v) is 4.95. The van der Waals surface area contributed by atoms with Gasteiger partial charge in [-0.1, -0.05) is 26.0 Å². The summed E-state index contributed by atoms with van der Waals surface area (Å²) in [6, 6.07) is 5.41. The lowest BCUT2D eigenvalue weighted by molar-refractivity contribution is -0.148. The molecule has 3 amide bonds. The van der Waals surface area contributed by atoms with E-state index in [1.165, 1.54) is 28.1 Å². The molecule has 1 saturated heterocycles. The van der Waals surface area contributed by atoms with Crippen LogP contribution in [0.25, 0.3) is 0 Å². The zero-order chi connectivity index (χ0) is 20.4. The number of benzene rings is 1. The van der Waals surface area contributed by atoms with Crippen LogP contribution in [0.3, 0.4) is 0 Å². The summed E-state index contributed by atoms with van der Waals surface area (Å²) in [5.41, 5.74) is 0.740. The molecule has 0 saturated carbocycles. The Hall–Kier alpha value is -2.90. The highest BCUT2D eigenvalue weighted by Crippen LogP contribution is 2.30. The van der Waals surface area contributed by atoms with Gasteiger partial charge < -0.3 is 10.0 Å². The zero-order valence-corrected chi connectivity index (χ0v) is 16.0. The van der Waals surface area contributed by atoms with Crippen molar-refractivity contribution in [3.05, 3.63) is 47.7 Å². The Labute approximate surface area is 163 Å². The smallest absolute Gasteiger partial charge is 0.413 e. The van der Waals surface area contributed by atoms with E-state index in [1.54, 1.807) is 12.1 Å². The first-order valence-corrected chi connectivity index (χ1v) is 9.37. The Morgan fingerprint density at radius 2 is 2.07 bits per heavy atom. The fourth-order valence-corrected chi connectivity index (χ4v) is 3.63. The lowest BCUT2D eigenvalue weighted by Gasteiger charge is -2.45.